The summed E-state index contributed by atoms with van der Waals surface area (Å²) in [6.07, 6.45) is 0. The van der Waals surface area contributed by atoms with Crippen LogP contribution in [0, 0.1) is 17.0 Å². The van der Waals surface area contributed by atoms with Crippen LogP contribution in [-0.4, -0.2) is 10.8 Å². The number of nitrogens with one attached hydrogen (secondary N) is 1. The van der Waals surface area contributed by atoms with Gasteiger partial charge in [-0.3, -0.25) is 14.9 Å². The first-order valence-corrected chi connectivity index (χ1v) is 7.92. The molecule has 6 nitrogen and oxygen atoms in total. The van der Waals surface area contributed by atoms with Crippen LogP contribution in [-0.2, 0) is 0 Å². The Kier molecular flexibility index (Phi) is 4.94. The van der Waals surface area contributed by atoms with Gasteiger partial charge in [-0.2, -0.15) is 0 Å². The molecule has 0 bridgehead atoms. The van der Waals surface area contributed by atoms with E-state index in [4.69, 9.17) is 4.74 Å². The summed E-state index contributed by atoms with van der Waals surface area (Å²) in [5.41, 5.74) is 1.89. The number of non-ortho nitro benzene ring substituents is 1. The Hall–Kier alpha value is -3.67. The van der Waals surface area contributed by atoms with Crippen molar-refractivity contribution in [1.82, 2.24) is 0 Å². The molecule has 130 valence electrons. The van der Waals surface area contributed by atoms with E-state index in [0.717, 1.165) is 5.56 Å². The van der Waals surface area contributed by atoms with E-state index in [0.29, 0.717) is 22.7 Å². The van der Waals surface area contributed by atoms with Crippen molar-refractivity contribution in [1.29, 1.82) is 0 Å². The molecule has 0 saturated heterocycles. The summed E-state index contributed by atoms with van der Waals surface area (Å²) in [7, 11) is 0. The highest BCUT2D eigenvalue weighted by molar-refractivity contribution is 6.05. The molecular formula is C20H16N2O4. The molecule has 0 unspecified atom stereocenters. The number of carbonyl (C=O) groups excluding carboxylic acids is 1. The third-order valence-electron chi connectivity index (χ3n) is 3.72. The smallest absolute Gasteiger partial charge is 0.269 e. The van der Waals surface area contributed by atoms with Crippen LogP contribution in [0.25, 0.3) is 0 Å². The molecule has 0 radical (unpaired) electrons. The van der Waals surface area contributed by atoms with Crippen molar-refractivity contribution in [2.45, 2.75) is 6.92 Å². The minimum atomic E-state index is -0.508. The maximum absolute atomic E-state index is 12.4. The number of anilines is 1. The average molecular weight is 348 g/mol. The van der Waals surface area contributed by atoms with E-state index in [1.165, 1.54) is 24.3 Å². The molecule has 0 spiro atoms. The van der Waals surface area contributed by atoms with Gasteiger partial charge in [0.1, 0.15) is 5.75 Å². The lowest BCUT2D eigenvalue weighted by Crippen LogP contribution is -2.12. The molecule has 1 amide bonds. The average Bonchev–Trinajstić information content (AvgIpc) is 2.65. The highest BCUT2D eigenvalue weighted by Crippen LogP contribution is 2.29. The molecule has 0 aliphatic carbocycles. The third kappa shape index (κ3) is 4.05. The molecular weight excluding hydrogens is 332 g/mol. The molecule has 0 fully saturated rings. The molecule has 0 aliphatic rings. The van der Waals surface area contributed by atoms with Crippen LogP contribution in [0.1, 0.15) is 15.9 Å². The number of carbonyl (C=O) groups is 1. The molecule has 6 heteroatoms. The maximum atomic E-state index is 12.4. The standard InChI is InChI=1S/C20H16N2O4/c1-14-6-12-17(13-7-14)26-19-5-3-2-4-18(19)21-20(23)15-8-10-16(11-9-15)22(24)25/h2-13H,1H3,(H,21,23). The van der Waals surface area contributed by atoms with Gasteiger partial charge in [-0.15, -0.1) is 0 Å². The first-order chi connectivity index (χ1) is 12.5. The summed E-state index contributed by atoms with van der Waals surface area (Å²) in [5, 5.41) is 13.5. The molecule has 3 rings (SSSR count). The van der Waals surface area contributed by atoms with Crippen molar-refractivity contribution in [2.75, 3.05) is 5.32 Å². The maximum Gasteiger partial charge on any atom is 0.269 e. The van der Waals surface area contributed by atoms with Gasteiger partial charge in [0.25, 0.3) is 11.6 Å². The van der Waals surface area contributed by atoms with Crippen molar-refractivity contribution in [3.8, 4) is 11.5 Å². The number of nitro groups is 1. The Morgan fingerprint density at radius 1 is 0.962 bits per heavy atom. The summed E-state index contributed by atoms with van der Waals surface area (Å²) < 4.78 is 5.85. The van der Waals surface area contributed by atoms with Gasteiger partial charge < -0.3 is 10.1 Å². The second kappa shape index (κ2) is 7.48. The number of aryl methyl sites for hydroxylation is 1. The molecule has 0 aliphatic heterocycles. The molecule has 0 atom stereocenters. The Labute approximate surface area is 150 Å². The Balaban J connectivity index is 1.78. The lowest BCUT2D eigenvalue weighted by molar-refractivity contribution is -0.384. The number of benzene rings is 3. The second-order valence-corrected chi connectivity index (χ2v) is 5.67. The van der Waals surface area contributed by atoms with E-state index in [1.54, 1.807) is 18.2 Å². The largest absolute Gasteiger partial charge is 0.455 e. The van der Waals surface area contributed by atoms with Crippen LogP contribution >= 0.6 is 0 Å². The van der Waals surface area contributed by atoms with E-state index in [2.05, 4.69) is 5.32 Å². The fourth-order valence-corrected chi connectivity index (χ4v) is 2.32. The van der Waals surface area contributed by atoms with Crippen LogP contribution in [0.15, 0.2) is 72.8 Å². The summed E-state index contributed by atoms with van der Waals surface area (Å²) >= 11 is 0. The topological polar surface area (TPSA) is 81.5 Å². The zero-order valence-corrected chi connectivity index (χ0v) is 14.0. The number of amides is 1. The highest BCUT2D eigenvalue weighted by Gasteiger charge is 2.12. The SMILES string of the molecule is Cc1ccc(Oc2ccccc2NC(=O)c2ccc([N+](=O)[O-])cc2)cc1. The van der Waals surface area contributed by atoms with Crippen molar-refractivity contribution in [2.24, 2.45) is 0 Å². The zero-order valence-electron chi connectivity index (χ0n) is 14.0. The Bertz CT molecular complexity index is 935. The lowest BCUT2D eigenvalue weighted by Gasteiger charge is -2.12. The van der Waals surface area contributed by atoms with Crippen molar-refractivity contribution < 1.29 is 14.5 Å². The van der Waals surface area contributed by atoms with Crippen LogP contribution in [0.3, 0.4) is 0 Å². The van der Waals surface area contributed by atoms with E-state index < -0.39 is 4.92 Å². The van der Waals surface area contributed by atoms with Gasteiger partial charge in [-0.1, -0.05) is 29.8 Å². The first-order valence-electron chi connectivity index (χ1n) is 7.92. The van der Waals surface area contributed by atoms with Crippen LogP contribution in [0.2, 0.25) is 0 Å². The Morgan fingerprint density at radius 2 is 1.62 bits per heavy atom. The number of nitro benzene ring substituents is 1. The lowest BCUT2D eigenvalue weighted by atomic mass is 10.2. The van der Waals surface area contributed by atoms with Crippen LogP contribution in [0.5, 0.6) is 11.5 Å². The molecule has 3 aromatic rings. The highest BCUT2D eigenvalue weighted by atomic mass is 16.6. The van der Waals surface area contributed by atoms with E-state index in [9.17, 15) is 14.9 Å². The van der Waals surface area contributed by atoms with Crippen molar-refractivity contribution in [3.63, 3.8) is 0 Å². The molecule has 0 heterocycles. The summed E-state index contributed by atoms with van der Waals surface area (Å²) in [6.45, 7) is 1.99. The quantitative estimate of drug-likeness (QED) is 0.522. The molecule has 3 aromatic carbocycles. The molecule has 0 aromatic heterocycles. The normalized spacial score (nSPS) is 10.2. The monoisotopic (exact) mass is 348 g/mol. The number of para-hydroxylation sites is 2. The molecule has 1 N–H and O–H groups in total. The van der Waals surface area contributed by atoms with Gasteiger partial charge >= 0.3 is 0 Å². The first kappa shape index (κ1) is 17.2. The van der Waals surface area contributed by atoms with Gasteiger partial charge in [0.2, 0.25) is 0 Å². The second-order valence-electron chi connectivity index (χ2n) is 5.67. The Morgan fingerprint density at radius 3 is 2.27 bits per heavy atom. The predicted octanol–water partition coefficient (Wildman–Crippen LogP) is 4.95. The summed E-state index contributed by atoms with van der Waals surface area (Å²) in [6, 6.07) is 20.1. The summed E-state index contributed by atoms with van der Waals surface area (Å²) in [5.74, 6) is 0.791. The van der Waals surface area contributed by atoms with Gasteiger partial charge in [-0.05, 0) is 43.3 Å². The van der Waals surface area contributed by atoms with Gasteiger partial charge in [0, 0.05) is 17.7 Å². The number of rotatable bonds is 5. The third-order valence-corrected chi connectivity index (χ3v) is 3.72. The number of hydrogen-bond acceptors (Lipinski definition) is 4. The minimum absolute atomic E-state index is 0.0651. The fraction of sp³-hybridized carbons (Fsp3) is 0.0500. The van der Waals surface area contributed by atoms with Crippen molar-refractivity contribution >= 4 is 17.3 Å². The zero-order chi connectivity index (χ0) is 18.5. The van der Waals surface area contributed by atoms with Gasteiger partial charge in [-0.25, -0.2) is 0 Å². The predicted molar refractivity (Wildman–Crippen MR) is 98.7 cm³/mol. The van der Waals surface area contributed by atoms with E-state index in [-0.39, 0.29) is 11.6 Å². The van der Waals surface area contributed by atoms with Gasteiger partial charge in [0.15, 0.2) is 5.75 Å². The number of hydrogen-bond donors (Lipinski definition) is 1. The molecule has 0 saturated carbocycles. The van der Waals surface area contributed by atoms with Crippen molar-refractivity contribution in [3.05, 3.63) is 94.0 Å². The fourth-order valence-electron chi connectivity index (χ4n) is 2.32. The van der Waals surface area contributed by atoms with E-state index >= 15 is 0 Å². The minimum Gasteiger partial charge on any atom is -0.455 e. The summed E-state index contributed by atoms with van der Waals surface area (Å²) in [4.78, 5) is 22.6. The van der Waals surface area contributed by atoms with Crippen LogP contribution < -0.4 is 10.1 Å². The number of ether oxygens (including phenoxy) is 1. The number of nitrogens with zero attached hydrogens (tertiary/aromatic N) is 1. The van der Waals surface area contributed by atoms with E-state index in [1.807, 2.05) is 37.3 Å². The van der Waals surface area contributed by atoms with Gasteiger partial charge in [0.05, 0.1) is 10.6 Å². The molecule has 26 heavy (non-hydrogen) atoms. The van der Waals surface area contributed by atoms with Crippen LogP contribution in [0.4, 0.5) is 11.4 Å².